The first-order valence-corrected chi connectivity index (χ1v) is 16.9. The minimum Gasteiger partial charge on any atom is -0.485 e. The molecule has 8 nitrogen and oxygen atoms in total. The van der Waals surface area contributed by atoms with Crippen molar-refractivity contribution in [1.82, 2.24) is 10.2 Å². The molecule has 2 aromatic rings. The standard InChI is InChI=1S/C32H37FN4O3.C6H14O/c1-4-5-11-35-32(38)27-21-37-22(2)19-25-9-7-6-8-24(25)10-16-40-31-29(28(33)20-26(23(27)3)30(31)37)34-12-13-36-14-17-39-18-15-36;1-3-5-7-6-4-2/h6-10,19-21,34H,2-5,11-18H2,1H3,(H,35,38);3-6H2,1-2H3/b24-10-,25-19-;. The van der Waals surface area contributed by atoms with Gasteiger partial charge in [0, 0.05) is 63.4 Å². The fourth-order valence-corrected chi connectivity index (χ4v) is 5.55. The summed E-state index contributed by atoms with van der Waals surface area (Å²) in [7, 11) is 0. The predicted molar refractivity (Wildman–Crippen MR) is 190 cm³/mol. The van der Waals surface area contributed by atoms with Gasteiger partial charge in [-0.2, -0.15) is 0 Å². The Balaban J connectivity index is 0.000000644. The summed E-state index contributed by atoms with van der Waals surface area (Å²) in [5.41, 5.74) is 2.82. The maximum Gasteiger partial charge on any atom is 0.253 e. The number of ether oxygens (including phenoxy) is 3. The summed E-state index contributed by atoms with van der Waals surface area (Å²) in [6.45, 7) is 21.9. The maximum atomic E-state index is 15.8. The average molecular weight is 647 g/mol. The first-order chi connectivity index (χ1) is 22.9. The lowest BCUT2D eigenvalue weighted by Crippen LogP contribution is -2.39. The number of carbonyl (C=O) groups excluding carboxylic acids is 1. The second kappa shape index (κ2) is 18.4. The topological polar surface area (TPSA) is 75.3 Å². The number of morpholine rings is 1. The molecule has 0 spiro atoms. The van der Waals surface area contributed by atoms with E-state index in [1.165, 1.54) is 6.07 Å². The van der Waals surface area contributed by atoms with Crippen LogP contribution in [0.4, 0.5) is 15.8 Å². The number of halogens is 1. The van der Waals surface area contributed by atoms with Gasteiger partial charge in [-0.05, 0) is 53.5 Å². The van der Waals surface area contributed by atoms with Crippen LogP contribution in [0.15, 0.2) is 61.0 Å². The molecule has 0 unspecified atom stereocenters. The summed E-state index contributed by atoms with van der Waals surface area (Å²) in [6, 6.07) is 9.39. The molecule has 3 aliphatic rings. The van der Waals surface area contributed by atoms with Gasteiger partial charge in [0.2, 0.25) is 0 Å². The number of rotatable bonds is 12. The molecule has 2 N–H and O–H groups in total. The molecule has 2 aromatic carbocycles. The lowest BCUT2D eigenvalue weighted by Gasteiger charge is -2.34. The van der Waals surface area contributed by atoms with E-state index in [1.54, 1.807) is 6.20 Å². The van der Waals surface area contributed by atoms with Crippen molar-refractivity contribution in [3.8, 4) is 5.75 Å². The SMILES string of the molecule is C=C1C(C(=O)NCCCC)=CN2C(=C)/C=c3/cccc/c3=C/COc3c(NCCN4CCOCC4)c(F)cc1c32.CCCOCCC. The van der Waals surface area contributed by atoms with Crippen LogP contribution in [0.25, 0.3) is 17.7 Å². The smallest absolute Gasteiger partial charge is 0.253 e. The zero-order valence-corrected chi connectivity index (χ0v) is 28.3. The lowest BCUT2D eigenvalue weighted by molar-refractivity contribution is -0.117. The summed E-state index contributed by atoms with van der Waals surface area (Å²) in [6.07, 6.45) is 9.79. The van der Waals surface area contributed by atoms with Crippen molar-refractivity contribution in [2.45, 2.75) is 46.5 Å². The number of hydrogen-bond donors (Lipinski definition) is 2. The number of nitrogens with zero attached hydrogens (tertiary/aromatic N) is 2. The van der Waals surface area contributed by atoms with E-state index in [4.69, 9.17) is 14.2 Å². The molecular weight excluding hydrogens is 595 g/mol. The summed E-state index contributed by atoms with van der Waals surface area (Å²) in [4.78, 5) is 17.3. The second-order valence-electron chi connectivity index (χ2n) is 11.7. The van der Waals surface area contributed by atoms with Gasteiger partial charge in [-0.1, -0.05) is 64.6 Å². The first-order valence-electron chi connectivity index (χ1n) is 16.9. The highest BCUT2D eigenvalue weighted by Crippen LogP contribution is 2.49. The second-order valence-corrected chi connectivity index (χ2v) is 11.7. The van der Waals surface area contributed by atoms with E-state index in [0.29, 0.717) is 60.1 Å². The Morgan fingerprint density at radius 1 is 1.02 bits per heavy atom. The molecule has 0 radical (unpaired) electrons. The Morgan fingerprint density at radius 3 is 2.45 bits per heavy atom. The molecule has 47 heavy (non-hydrogen) atoms. The zero-order valence-electron chi connectivity index (χ0n) is 28.3. The molecule has 3 aliphatic heterocycles. The van der Waals surface area contributed by atoms with Gasteiger partial charge >= 0.3 is 0 Å². The quantitative estimate of drug-likeness (QED) is 0.308. The predicted octanol–water partition coefficient (Wildman–Crippen LogP) is 5.19. The van der Waals surface area contributed by atoms with E-state index in [1.807, 2.05) is 41.3 Å². The normalized spacial score (nSPS) is 17.3. The molecule has 3 heterocycles. The average Bonchev–Trinajstić information content (AvgIpc) is 3.07. The van der Waals surface area contributed by atoms with Gasteiger partial charge in [0.1, 0.15) is 12.3 Å². The molecule has 254 valence electrons. The number of anilines is 2. The van der Waals surface area contributed by atoms with E-state index < -0.39 is 5.82 Å². The van der Waals surface area contributed by atoms with Crippen molar-refractivity contribution in [2.24, 2.45) is 0 Å². The van der Waals surface area contributed by atoms with Gasteiger partial charge in [-0.25, -0.2) is 4.39 Å². The molecule has 1 saturated heterocycles. The number of allylic oxidation sites excluding steroid dienone is 1. The fourth-order valence-electron chi connectivity index (χ4n) is 5.55. The first kappa shape index (κ1) is 35.9. The van der Waals surface area contributed by atoms with E-state index in [9.17, 15) is 4.79 Å². The largest absolute Gasteiger partial charge is 0.485 e. The van der Waals surface area contributed by atoms with Gasteiger partial charge < -0.3 is 29.7 Å². The van der Waals surface area contributed by atoms with E-state index >= 15 is 4.39 Å². The van der Waals surface area contributed by atoms with Crippen LogP contribution >= 0.6 is 0 Å². The maximum absolute atomic E-state index is 15.8. The summed E-state index contributed by atoms with van der Waals surface area (Å²) in [5.74, 6) is -0.347. The van der Waals surface area contributed by atoms with E-state index in [-0.39, 0.29) is 18.2 Å². The van der Waals surface area contributed by atoms with E-state index in [0.717, 1.165) is 69.0 Å². The molecule has 5 rings (SSSR count). The van der Waals surface area contributed by atoms with Gasteiger partial charge in [0.15, 0.2) is 11.6 Å². The monoisotopic (exact) mass is 646 g/mol. The summed E-state index contributed by atoms with van der Waals surface area (Å²) >= 11 is 0. The van der Waals surface area contributed by atoms with Gasteiger partial charge in [-0.3, -0.25) is 9.69 Å². The number of benzene rings is 2. The number of unbranched alkanes of at least 4 members (excludes halogenated alkanes) is 1. The number of nitrogens with one attached hydrogen (secondary N) is 2. The van der Waals surface area contributed by atoms with Crippen molar-refractivity contribution in [2.75, 3.05) is 76.0 Å². The third-order valence-electron chi connectivity index (χ3n) is 8.11. The highest BCUT2D eigenvalue weighted by molar-refractivity contribution is 6.13. The van der Waals surface area contributed by atoms with Crippen molar-refractivity contribution in [1.29, 1.82) is 0 Å². The van der Waals surface area contributed by atoms with Crippen LogP contribution in [0, 0.1) is 5.82 Å². The zero-order chi connectivity index (χ0) is 33.6. The summed E-state index contributed by atoms with van der Waals surface area (Å²) in [5, 5.41) is 8.21. The Bertz CT molecular complexity index is 1540. The Labute approximate surface area is 279 Å². The van der Waals surface area contributed by atoms with Crippen LogP contribution in [0.1, 0.15) is 52.0 Å². The molecule has 1 amide bonds. The Hall–Kier alpha value is -3.92. The molecule has 0 saturated carbocycles. The molecular formula is C38H51FN4O4. The highest BCUT2D eigenvalue weighted by Gasteiger charge is 2.32. The van der Waals surface area contributed by atoms with Crippen molar-refractivity contribution in [3.63, 3.8) is 0 Å². The number of amides is 1. The molecule has 0 bridgehead atoms. The minimum absolute atomic E-state index is 0.236. The van der Waals surface area contributed by atoms with E-state index in [2.05, 4.69) is 49.5 Å². The Kier molecular flexibility index (Phi) is 14.1. The van der Waals surface area contributed by atoms with Crippen LogP contribution in [0.2, 0.25) is 0 Å². The Morgan fingerprint density at radius 2 is 1.74 bits per heavy atom. The molecule has 0 atom stereocenters. The van der Waals surface area contributed by atoms with Crippen molar-refractivity contribution in [3.05, 3.63) is 82.8 Å². The van der Waals surface area contributed by atoms with Crippen LogP contribution in [0.3, 0.4) is 0 Å². The van der Waals surface area contributed by atoms with Crippen LogP contribution in [0.5, 0.6) is 5.75 Å². The van der Waals surface area contributed by atoms with Crippen LogP contribution in [-0.2, 0) is 14.3 Å². The lowest BCUT2D eigenvalue weighted by atomic mass is 9.92. The van der Waals surface area contributed by atoms with Crippen molar-refractivity contribution >= 4 is 35.0 Å². The third-order valence-corrected chi connectivity index (χ3v) is 8.11. The molecule has 0 aromatic heterocycles. The molecule has 1 fully saturated rings. The third kappa shape index (κ3) is 9.56. The van der Waals surface area contributed by atoms with Crippen LogP contribution in [-0.4, -0.2) is 76.6 Å². The molecule has 0 aliphatic carbocycles. The van der Waals surface area contributed by atoms with Gasteiger partial charge in [-0.15, -0.1) is 0 Å². The highest BCUT2D eigenvalue weighted by atomic mass is 19.1. The molecule has 9 heteroatoms. The number of carbonyl (C=O) groups is 1. The van der Waals surface area contributed by atoms with Crippen LogP contribution < -0.4 is 30.7 Å². The fraction of sp³-hybridized carbons (Fsp3) is 0.447. The minimum atomic E-state index is -0.462. The summed E-state index contributed by atoms with van der Waals surface area (Å²) < 4.78 is 32.8. The van der Waals surface area contributed by atoms with Gasteiger partial charge in [0.25, 0.3) is 5.91 Å². The number of hydrogen-bond acceptors (Lipinski definition) is 7. The number of fused-ring (bicyclic) bond motifs is 1. The van der Waals surface area contributed by atoms with Crippen molar-refractivity contribution < 1.29 is 23.4 Å². The van der Waals surface area contributed by atoms with Gasteiger partial charge in [0.05, 0.1) is 24.5 Å².